The minimum absolute atomic E-state index is 0.354. The Bertz CT molecular complexity index is 508. The van der Waals surface area contributed by atoms with Gasteiger partial charge in [-0.3, -0.25) is 0 Å². The van der Waals surface area contributed by atoms with Gasteiger partial charge >= 0.3 is 0 Å². The van der Waals surface area contributed by atoms with Gasteiger partial charge < -0.3 is 5.11 Å². The lowest BCUT2D eigenvalue weighted by molar-refractivity contribution is 0.155. The van der Waals surface area contributed by atoms with E-state index in [1.54, 1.807) is 11.3 Å². The molecule has 1 aromatic heterocycles. The molecule has 0 amide bonds. The van der Waals surface area contributed by atoms with Crippen molar-refractivity contribution in [2.75, 3.05) is 0 Å². The van der Waals surface area contributed by atoms with Crippen molar-refractivity contribution in [2.24, 2.45) is 5.92 Å². The van der Waals surface area contributed by atoms with Crippen molar-refractivity contribution in [1.82, 2.24) is 0 Å². The second kappa shape index (κ2) is 4.45. The minimum atomic E-state index is -0.363. The van der Waals surface area contributed by atoms with Crippen LogP contribution in [-0.4, -0.2) is 5.11 Å². The van der Waals surface area contributed by atoms with E-state index in [0.717, 1.165) is 16.3 Å². The fourth-order valence-corrected chi connectivity index (χ4v) is 3.48. The molecule has 0 saturated heterocycles. The van der Waals surface area contributed by atoms with Crippen LogP contribution in [0.3, 0.4) is 0 Å². The Morgan fingerprint density at radius 1 is 1.29 bits per heavy atom. The minimum Gasteiger partial charge on any atom is -0.387 e. The molecule has 0 spiro atoms. The van der Waals surface area contributed by atoms with E-state index in [1.165, 1.54) is 5.56 Å². The Kier molecular flexibility index (Phi) is 2.95. The van der Waals surface area contributed by atoms with Crippen LogP contribution in [0.4, 0.5) is 0 Å². The van der Waals surface area contributed by atoms with Crippen molar-refractivity contribution < 1.29 is 5.11 Å². The molecule has 1 fully saturated rings. The summed E-state index contributed by atoms with van der Waals surface area (Å²) in [7, 11) is 0. The molecule has 1 aromatic carbocycles. The molecule has 3 atom stereocenters. The molecule has 1 heterocycles. The molecule has 0 radical (unpaired) electrons. The van der Waals surface area contributed by atoms with Gasteiger partial charge in [-0.25, -0.2) is 0 Å². The van der Waals surface area contributed by atoms with Gasteiger partial charge in [0.05, 0.1) is 11.1 Å². The van der Waals surface area contributed by atoms with E-state index in [4.69, 9.17) is 11.6 Å². The van der Waals surface area contributed by atoms with E-state index >= 15 is 0 Å². The molecule has 2 aromatic rings. The molecule has 3 rings (SSSR count). The van der Waals surface area contributed by atoms with Crippen LogP contribution in [0.25, 0.3) is 0 Å². The van der Waals surface area contributed by atoms with Gasteiger partial charge in [0.15, 0.2) is 0 Å². The summed E-state index contributed by atoms with van der Waals surface area (Å²) in [6, 6.07) is 12.3. The third-order valence-corrected chi connectivity index (χ3v) is 4.70. The maximum Gasteiger partial charge on any atom is 0.0916 e. The van der Waals surface area contributed by atoms with Gasteiger partial charge in [0.1, 0.15) is 0 Å². The van der Waals surface area contributed by atoms with E-state index in [0.29, 0.717) is 11.8 Å². The second-order valence-corrected chi connectivity index (χ2v) is 5.91. The molecular weight excluding hydrogens is 252 g/mol. The van der Waals surface area contributed by atoms with Gasteiger partial charge in [0, 0.05) is 10.3 Å². The number of benzene rings is 1. The van der Waals surface area contributed by atoms with Crippen molar-refractivity contribution in [1.29, 1.82) is 0 Å². The standard InChI is InChI=1S/C14H13ClOS/c15-10-6-13(17-8-10)14(16)12-7-11(12)9-4-2-1-3-5-9/h1-6,8,11-12,14,16H,7H2. The zero-order valence-corrected chi connectivity index (χ0v) is 10.8. The van der Waals surface area contributed by atoms with Gasteiger partial charge in [-0.2, -0.15) is 0 Å². The van der Waals surface area contributed by atoms with Crippen molar-refractivity contribution in [3.63, 3.8) is 0 Å². The highest BCUT2D eigenvalue weighted by Gasteiger charge is 2.44. The molecule has 3 unspecified atom stereocenters. The van der Waals surface area contributed by atoms with E-state index < -0.39 is 0 Å². The molecule has 1 N–H and O–H groups in total. The Labute approximate surface area is 110 Å². The van der Waals surface area contributed by atoms with Crippen molar-refractivity contribution in [2.45, 2.75) is 18.4 Å². The summed E-state index contributed by atoms with van der Waals surface area (Å²) in [4.78, 5) is 0.985. The summed E-state index contributed by atoms with van der Waals surface area (Å²) in [5.74, 6) is 0.860. The van der Waals surface area contributed by atoms with E-state index in [2.05, 4.69) is 24.3 Å². The molecule has 1 aliphatic rings. The molecule has 0 bridgehead atoms. The van der Waals surface area contributed by atoms with Gasteiger partial charge in [-0.15, -0.1) is 11.3 Å². The summed E-state index contributed by atoms with van der Waals surface area (Å²) < 4.78 is 0. The predicted molar refractivity (Wildman–Crippen MR) is 71.6 cm³/mol. The zero-order chi connectivity index (χ0) is 11.8. The fourth-order valence-electron chi connectivity index (χ4n) is 2.34. The summed E-state index contributed by atoms with van der Waals surface area (Å²) in [5, 5.41) is 12.9. The van der Waals surface area contributed by atoms with E-state index in [9.17, 15) is 5.11 Å². The van der Waals surface area contributed by atoms with E-state index in [-0.39, 0.29) is 6.10 Å². The molecule has 1 saturated carbocycles. The summed E-state index contributed by atoms with van der Waals surface area (Å²) in [6.45, 7) is 0. The average molecular weight is 265 g/mol. The summed E-state index contributed by atoms with van der Waals surface area (Å²) in [5.41, 5.74) is 1.33. The topological polar surface area (TPSA) is 20.2 Å². The second-order valence-electron chi connectivity index (χ2n) is 4.53. The van der Waals surface area contributed by atoms with E-state index in [1.807, 2.05) is 17.5 Å². The van der Waals surface area contributed by atoms with Gasteiger partial charge in [0.25, 0.3) is 0 Å². The SMILES string of the molecule is OC(c1cc(Cl)cs1)C1CC1c1ccccc1. The normalized spacial score (nSPS) is 24.6. The fraction of sp³-hybridized carbons (Fsp3) is 0.286. The first-order valence-electron chi connectivity index (χ1n) is 5.72. The number of hydrogen-bond acceptors (Lipinski definition) is 2. The van der Waals surface area contributed by atoms with Crippen LogP contribution in [0, 0.1) is 5.92 Å². The summed E-state index contributed by atoms with van der Waals surface area (Å²) in [6.07, 6.45) is 0.707. The number of aliphatic hydroxyl groups is 1. The Morgan fingerprint density at radius 3 is 2.71 bits per heavy atom. The average Bonchev–Trinajstić information content (AvgIpc) is 3.05. The van der Waals surface area contributed by atoms with Gasteiger partial charge in [0.2, 0.25) is 0 Å². The lowest BCUT2D eigenvalue weighted by atomic mass is 10.1. The van der Waals surface area contributed by atoms with Crippen LogP contribution in [0.1, 0.15) is 28.9 Å². The highest BCUT2D eigenvalue weighted by atomic mass is 35.5. The van der Waals surface area contributed by atoms with Crippen molar-refractivity contribution in [3.8, 4) is 0 Å². The van der Waals surface area contributed by atoms with Crippen LogP contribution in [0.15, 0.2) is 41.8 Å². The van der Waals surface area contributed by atoms with Crippen LogP contribution < -0.4 is 0 Å². The number of aliphatic hydroxyl groups excluding tert-OH is 1. The van der Waals surface area contributed by atoms with Crippen LogP contribution in [0.5, 0.6) is 0 Å². The van der Waals surface area contributed by atoms with Crippen LogP contribution in [0.2, 0.25) is 5.02 Å². The number of hydrogen-bond donors (Lipinski definition) is 1. The van der Waals surface area contributed by atoms with Crippen molar-refractivity contribution >= 4 is 22.9 Å². The molecule has 0 aliphatic heterocycles. The maximum atomic E-state index is 10.3. The quantitative estimate of drug-likeness (QED) is 0.879. The highest BCUT2D eigenvalue weighted by Crippen LogP contribution is 2.54. The smallest absolute Gasteiger partial charge is 0.0916 e. The maximum absolute atomic E-state index is 10.3. The largest absolute Gasteiger partial charge is 0.387 e. The molecule has 88 valence electrons. The first-order valence-corrected chi connectivity index (χ1v) is 6.98. The molecule has 3 heteroatoms. The first-order chi connectivity index (χ1) is 8.25. The summed E-state index contributed by atoms with van der Waals surface area (Å²) >= 11 is 7.42. The van der Waals surface area contributed by atoms with Gasteiger partial charge in [-0.1, -0.05) is 41.9 Å². The number of halogens is 1. The first kappa shape index (κ1) is 11.3. The number of thiophene rings is 1. The Balaban J connectivity index is 1.73. The molecule has 1 aliphatic carbocycles. The highest BCUT2D eigenvalue weighted by molar-refractivity contribution is 7.10. The Morgan fingerprint density at radius 2 is 2.06 bits per heavy atom. The third kappa shape index (κ3) is 2.25. The predicted octanol–water partition coefficient (Wildman–Crippen LogP) is 4.24. The molecule has 1 nitrogen and oxygen atoms in total. The lowest BCUT2D eigenvalue weighted by Crippen LogP contribution is -1.98. The lowest BCUT2D eigenvalue weighted by Gasteiger charge is -2.07. The Hall–Kier alpha value is -0.830. The van der Waals surface area contributed by atoms with Crippen LogP contribution in [-0.2, 0) is 0 Å². The van der Waals surface area contributed by atoms with Gasteiger partial charge in [-0.05, 0) is 29.9 Å². The number of rotatable bonds is 3. The monoisotopic (exact) mass is 264 g/mol. The zero-order valence-electron chi connectivity index (χ0n) is 9.21. The van der Waals surface area contributed by atoms with Crippen LogP contribution >= 0.6 is 22.9 Å². The molecule has 17 heavy (non-hydrogen) atoms. The van der Waals surface area contributed by atoms with Crippen molar-refractivity contribution in [3.05, 3.63) is 57.2 Å². The third-order valence-electron chi connectivity index (χ3n) is 3.35. The molecular formula is C14H13ClOS.